The molecule has 7 heteroatoms. The molecular weight excluding hydrogens is 401 g/mol. The van der Waals surface area contributed by atoms with E-state index in [-0.39, 0.29) is 29.3 Å². The number of pyridine rings is 1. The van der Waals surface area contributed by atoms with Crippen LogP contribution in [0.1, 0.15) is 44.9 Å². The lowest BCUT2D eigenvalue weighted by Crippen LogP contribution is -2.47. The maximum atomic E-state index is 14.2. The molecule has 3 aliphatic rings. The van der Waals surface area contributed by atoms with Crippen LogP contribution in [-0.4, -0.2) is 52.7 Å². The third-order valence-electron chi connectivity index (χ3n) is 6.46. The van der Waals surface area contributed by atoms with Gasteiger partial charge in [0, 0.05) is 36.3 Å². The minimum Gasteiger partial charge on any atom is -0.393 e. The quantitative estimate of drug-likeness (QED) is 0.790. The molecule has 1 N–H and O–H groups in total. The van der Waals surface area contributed by atoms with Crippen LogP contribution in [0.15, 0.2) is 16.7 Å². The SMILES string of the molecule is O=C1N([C@H]2CC[C@@H](O)CC2)CCC12CCN(c1ncc(Br)cc1F)CC2. The van der Waals surface area contributed by atoms with Crippen LogP contribution >= 0.6 is 15.9 Å². The zero-order chi connectivity index (χ0) is 18.3. The fourth-order valence-corrected chi connectivity index (χ4v) is 5.12. The molecule has 1 aromatic heterocycles. The normalized spacial score (nSPS) is 28.8. The van der Waals surface area contributed by atoms with Gasteiger partial charge in [0.2, 0.25) is 5.91 Å². The van der Waals surface area contributed by atoms with Crippen molar-refractivity contribution >= 4 is 27.7 Å². The first-order chi connectivity index (χ1) is 12.5. The Labute approximate surface area is 161 Å². The van der Waals surface area contributed by atoms with E-state index in [2.05, 4.69) is 25.8 Å². The third kappa shape index (κ3) is 3.24. The van der Waals surface area contributed by atoms with Gasteiger partial charge in [0.05, 0.1) is 11.5 Å². The Morgan fingerprint density at radius 1 is 1.15 bits per heavy atom. The maximum Gasteiger partial charge on any atom is 0.229 e. The van der Waals surface area contributed by atoms with Crippen LogP contribution in [0.25, 0.3) is 0 Å². The van der Waals surface area contributed by atoms with Gasteiger partial charge in [-0.25, -0.2) is 9.37 Å². The lowest BCUT2D eigenvalue weighted by atomic mass is 9.77. The summed E-state index contributed by atoms with van der Waals surface area (Å²) in [7, 11) is 0. The summed E-state index contributed by atoms with van der Waals surface area (Å²) in [4.78, 5) is 21.4. The number of aliphatic hydroxyl groups excluding tert-OH is 1. The van der Waals surface area contributed by atoms with E-state index in [1.165, 1.54) is 6.07 Å². The lowest BCUT2D eigenvalue weighted by molar-refractivity contribution is -0.139. The molecule has 3 fully saturated rings. The highest BCUT2D eigenvalue weighted by Crippen LogP contribution is 2.44. The van der Waals surface area contributed by atoms with Gasteiger partial charge in [-0.05, 0) is 66.9 Å². The Morgan fingerprint density at radius 3 is 2.46 bits per heavy atom. The number of carbonyl (C=O) groups is 1. The molecule has 1 saturated carbocycles. The van der Waals surface area contributed by atoms with Crippen LogP contribution in [-0.2, 0) is 4.79 Å². The minimum absolute atomic E-state index is 0.200. The molecule has 142 valence electrons. The molecule has 26 heavy (non-hydrogen) atoms. The molecular formula is C19H25BrFN3O2. The lowest BCUT2D eigenvalue weighted by Gasteiger charge is -2.40. The van der Waals surface area contributed by atoms with E-state index < -0.39 is 0 Å². The highest BCUT2D eigenvalue weighted by molar-refractivity contribution is 9.10. The average Bonchev–Trinajstić information content (AvgIpc) is 2.94. The highest BCUT2D eigenvalue weighted by atomic mass is 79.9. The van der Waals surface area contributed by atoms with Gasteiger partial charge in [-0.15, -0.1) is 0 Å². The molecule has 1 amide bonds. The van der Waals surface area contributed by atoms with Gasteiger partial charge < -0.3 is 14.9 Å². The van der Waals surface area contributed by atoms with Gasteiger partial charge in [-0.2, -0.15) is 0 Å². The van der Waals surface area contributed by atoms with Crippen molar-refractivity contribution in [3.8, 4) is 0 Å². The summed E-state index contributed by atoms with van der Waals surface area (Å²) in [5.74, 6) is 0.338. The van der Waals surface area contributed by atoms with Gasteiger partial charge in [-0.1, -0.05) is 0 Å². The number of aromatic nitrogens is 1. The van der Waals surface area contributed by atoms with Crippen molar-refractivity contribution in [2.45, 2.75) is 57.1 Å². The summed E-state index contributed by atoms with van der Waals surface area (Å²) < 4.78 is 14.8. The Bertz CT molecular complexity index is 685. The van der Waals surface area contributed by atoms with Crippen LogP contribution < -0.4 is 4.90 Å². The zero-order valence-corrected chi connectivity index (χ0v) is 16.4. The van der Waals surface area contributed by atoms with Crippen molar-refractivity contribution in [2.24, 2.45) is 5.41 Å². The van der Waals surface area contributed by atoms with E-state index in [0.717, 1.165) is 51.5 Å². The minimum atomic E-state index is -0.324. The first kappa shape index (κ1) is 18.2. The molecule has 0 unspecified atom stereocenters. The number of anilines is 1. The van der Waals surface area contributed by atoms with E-state index >= 15 is 0 Å². The second-order valence-corrected chi connectivity index (χ2v) is 8.85. The zero-order valence-electron chi connectivity index (χ0n) is 14.8. The van der Waals surface area contributed by atoms with E-state index in [0.29, 0.717) is 23.4 Å². The van der Waals surface area contributed by atoms with Crippen LogP contribution in [0.2, 0.25) is 0 Å². The number of likely N-dealkylation sites (tertiary alicyclic amines) is 1. The Balaban J connectivity index is 1.41. The molecule has 1 aromatic rings. The van der Waals surface area contributed by atoms with E-state index in [1.54, 1.807) is 6.20 Å². The highest BCUT2D eigenvalue weighted by Gasteiger charge is 2.50. The fourth-order valence-electron chi connectivity index (χ4n) is 4.82. The van der Waals surface area contributed by atoms with Crippen molar-refractivity contribution < 1.29 is 14.3 Å². The number of nitrogens with zero attached hydrogens (tertiary/aromatic N) is 3. The smallest absolute Gasteiger partial charge is 0.229 e. The molecule has 4 rings (SSSR count). The number of halogens is 2. The fraction of sp³-hybridized carbons (Fsp3) is 0.684. The second-order valence-electron chi connectivity index (χ2n) is 7.94. The summed E-state index contributed by atoms with van der Waals surface area (Å²) in [6.45, 7) is 2.15. The van der Waals surface area contributed by atoms with Crippen molar-refractivity contribution in [3.63, 3.8) is 0 Å². The van der Waals surface area contributed by atoms with Crippen LogP contribution in [0.3, 0.4) is 0 Å². The summed E-state index contributed by atoms with van der Waals surface area (Å²) in [6.07, 6.45) is 7.23. The summed E-state index contributed by atoms with van der Waals surface area (Å²) >= 11 is 3.24. The summed E-state index contributed by atoms with van der Waals surface area (Å²) in [6, 6.07) is 1.72. The second kappa shape index (κ2) is 7.08. The number of hydrogen-bond donors (Lipinski definition) is 1. The average molecular weight is 426 g/mol. The van der Waals surface area contributed by atoms with Gasteiger partial charge in [-0.3, -0.25) is 4.79 Å². The standard InChI is InChI=1S/C19H25BrFN3O2/c20-13-11-16(21)17(22-12-13)23-8-5-19(6-9-23)7-10-24(18(19)26)14-1-3-15(25)4-2-14/h11-12,14-15,25H,1-10H2/t14-,15+. The van der Waals surface area contributed by atoms with Crippen LogP contribution in [0.4, 0.5) is 10.2 Å². The van der Waals surface area contributed by atoms with Gasteiger partial charge in [0.15, 0.2) is 11.6 Å². The number of carbonyl (C=O) groups excluding carboxylic acids is 1. The van der Waals surface area contributed by atoms with Gasteiger partial charge >= 0.3 is 0 Å². The molecule has 5 nitrogen and oxygen atoms in total. The topological polar surface area (TPSA) is 56.7 Å². The van der Waals surface area contributed by atoms with E-state index in [4.69, 9.17) is 0 Å². The molecule has 2 saturated heterocycles. The van der Waals surface area contributed by atoms with Crippen molar-refractivity contribution in [1.82, 2.24) is 9.88 Å². The third-order valence-corrected chi connectivity index (χ3v) is 6.89. The Kier molecular flexibility index (Phi) is 4.94. The van der Waals surface area contributed by atoms with Gasteiger partial charge in [0.25, 0.3) is 0 Å². The molecule has 0 aromatic carbocycles. The van der Waals surface area contributed by atoms with Crippen molar-refractivity contribution in [1.29, 1.82) is 0 Å². The monoisotopic (exact) mass is 425 g/mol. The van der Waals surface area contributed by atoms with E-state index in [1.807, 2.05) is 4.90 Å². The summed E-state index contributed by atoms with van der Waals surface area (Å²) in [5, 5.41) is 9.71. The molecule has 0 atom stereocenters. The summed E-state index contributed by atoms with van der Waals surface area (Å²) in [5.41, 5.74) is -0.279. The number of hydrogen-bond acceptors (Lipinski definition) is 4. The molecule has 0 bridgehead atoms. The molecule has 1 spiro atoms. The first-order valence-corrected chi connectivity index (χ1v) is 10.3. The Hall–Kier alpha value is -1.21. The molecule has 3 heterocycles. The van der Waals surface area contributed by atoms with Crippen LogP contribution in [0, 0.1) is 11.2 Å². The van der Waals surface area contributed by atoms with E-state index in [9.17, 15) is 14.3 Å². The predicted octanol–water partition coefficient (Wildman–Crippen LogP) is 3.11. The van der Waals surface area contributed by atoms with Crippen molar-refractivity contribution in [2.75, 3.05) is 24.5 Å². The number of amides is 1. The molecule has 0 radical (unpaired) electrons. The number of piperidine rings is 1. The predicted molar refractivity (Wildman–Crippen MR) is 100 cm³/mol. The maximum absolute atomic E-state index is 14.2. The van der Waals surface area contributed by atoms with Gasteiger partial charge in [0.1, 0.15) is 0 Å². The van der Waals surface area contributed by atoms with Crippen LogP contribution in [0.5, 0.6) is 0 Å². The van der Waals surface area contributed by atoms with Crippen molar-refractivity contribution in [3.05, 3.63) is 22.6 Å². The molecule has 2 aliphatic heterocycles. The Morgan fingerprint density at radius 2 is 1.81 bits per heavy atom. The number of rotatable bonds is 2. The largest absolute Gasteiger partial charge is 0.393 e. The molecule has 1 aliphatic carbocycles. The first-order valence-electron chi connectivity index (χ1n) is 9.54. The number of aliphatic hydroxyl groups is 1.